The van der Waals surface area contributed by atoms with Crippen LogP contribution in [0.3, 0.4) is 0 Å². The van der Waals surface area contributed by atoms with Gasteiger partial charge in [0.1, 0.15) is 0 Å². The van der Waals surface area contributed by atoms with Crippen molar-refractivity contribution in [2.75, 3.05) is 6.16 Å². The molecule has 0 saturated heterocycles. The van der Waals surface area contributed by atoms with Crippen LogP contribution in [0.25, 0.3) is 0 Å². The Balaban J connectivity index is 3.45. The molecule has 0 radical (unpaired) electrons. The van der Waals surface area contributed by atoms with Gasteiger partial charge in [-0.2, -0.15) is 0 Å². The number of hydrogen-bond acceptors (Lipinski definition) is 0. The Morgan fingerprint density at radius 3 is 2.64 bits per heavy atom. The Labute approximate surface area is 72.6 Å². The van der Waals surface area contributed by atoms with Crippen molar-refractivity contribution in [2.45, 2.75) is 32.9 Å². The minimum Gasteiger partial charge on any atom is -0.115 e. The maximum Gasteiger partial charge on any atom is -0.0104 e. The lowest BCUT2D eigenvalue weighted by atomic mass is 10.3. The van der Waals surface area contributed by atoms with Crippen LogP contribution in [0, 0.1) is 0 Å². The van der Waals surface area contributed by atoms with Crippen LogP contribution in [0.15, 0.2) is 24.3 Å². The first-order valence-corrected chi connectivity index (χ1v) is 5.53. The first-order valence-electron chi connectivity index (χ1n) is 4.24. The first-order chi connectivity index (χ1) is 5.16. The third-order valence-corrected chi connectivity index (χ3v) is 2.80. The van der Waals surface area contributed by atoms with E-state index in [2.05, 4.69) is 39.5 Å². The van der Waals surface area contributed by atoms with Gasteiger partial charge < -0.3 is 0 Å². The van der Waals surface area contributed by atoms with Gasteiger partial charge in [0.05, 0.1) is 0 Å². The molecule has 0 rings (SSSR count). The van der Waals surface area contributed by atoms with Crippen LogP contribution in [-0.2, 0) is 0 Å². The van der Waals surface area contributed by atoms with Crippen molar-refractivity contribution in [2.24, 2.45) is 0 Å². The van der Waals surface area contributed by atoms with Crippen molar-refractivity contribution in [3.8, 4) is 0 Å². The Bertz CT molecular complexity index is 134. The average Bonchev–Trinajstić information content (AvgIpc) is 1.97. The largest absolute Gasteiger partial charge is 0.115 e. The van der Waals surface area contributed by atoms with Crippen molar-refractivity contribution < 1.29 is 0 Å². The highest BCUT2D eigenvalue weighted by Crippen LogP contribution is 2.20. The van der Waals surface area contributed by atoms with Gasteiger partial charge >= 0.3 is 0 Å². The summed E-state index contributed by atoms with van der Waals surface area (Å²) >= 11 is 0. The van der Waals surface area contributed by atoms with E-state index >= 15 is 0 Å². The second kappa shape index (κ2) is 6.61. The molecule has 0 saturated carbocycles. The van der Waals surface area contributed by atoms with Crippen LogP contribution >= 0.6 is 8.58 Å². The van der Waals surface area contributed by atoms with Gasteiger partial charge in [0.15, 0.2) is 0 Å². The second-order valence-electron chi connectivity index (χ2n) is 3.00. The molecule has 0 aromatic rings. The SMILES string of the molecule is C=C(C=CCC)CPC(C)C. The molecule has 0 aliphatic rings. The van der Waals surface area contributed by atoms with Crippen LogP contribution in [0.1, 0.15) is 27.2 Å². The zero-order valence-corrected chi connectivity index (χ0v) is 8.85. The highest BCUT2D eigenvalue weighted by molar-refractivity contribution is 7.39. The van der Waals surface area contributed by atoms with E-state index in [0.29, 0.717) is 0 Å². The Kier molecular flexibility index (Phi) is 6.56. The molecule has 1 unspecified atom stereocenters. The molecule has 0 aromatic heterocycles. The van der Waals surface area contributed by atoms with Gasteiger partial charge in [-0.3, -0.25) is 0 Å². The highest BCUT2D eigenvalue weighted by atomic mass is 31.1. The summed E-state index contributed by atoms with van der Waals surface area (Å²) < 4.78 is 0. The molecule has 0 nitrogen and oxygen atoms in total. The minimum atomic E-state index is 0.821. The number of allylic oxidation sites excluding steroid dienone is 3. The summed E-state index contributed by atoms with van der Waals surface area (Å²) in [5, 5.41) is 0. The predicted molar refractivity (Wildman–Crippen MR) is 56.9 cm³/mol. The molecule has 1 atom stereocenters. The highest BCUT2D eigenvalue weighted by Gasteiger charge is 1.93. The van der Waals surface area contributed by atoms with E-state index in [4.69, 9.17) is 0 Å². The summed E-state index contributed by atoms with van der Waals surface area (Å²) in [6.45, 7) is 10.7. The van der Waals surface area contributed by atoms with Gasteiger partial charge in [-0.25, -0.2) is 0 Å². The van der Waals surface area contributed by atoms with Gasteiger partial charge in [0.2, 0.25) is 0 Å². The fourth-order valence-corrected chi connectivity index (χ4v) is 1.47. The number of rotatable bonds is 5. The average molecular weight is 170 g/mol. The molecule has 0 fully saturated rings. The summed E-state index contributed by atoms with van der Waals surface area (Å²) in [6, 6.07) is 0. The van der Waals surface area contributed by atoms with Gasteiger partial charge in [-0.15, -0.1) is 8.58 Å². The van der Waals surface area contributed by atoms with Crippen molar-refractivity contribution in [1.29, 1.82) is 0 Å². The van der Waals surface area contributed by atoms with E-state index in [1.54, 1.807) is 0 Å². The zero-order chi connectivity index (χ0) is 8.69. The van der Waals surface area contributed by atoms with Crippen LogP contribution in [0.4, 0.5) is 0 Å². The van der Waals surface area contributed by atoms with Crippen molar-refractivity contribution >= 4 is 8.58 Å². The standard InChI is InChI=1S/C10H19P/c1-5-6-7-10(4)8-11-9(2)3/h6-7,9,11H,4-5,8H2,1-3H3. The van der Waals surface area contributed by atoms with E-state index in [0.717, 1.165) is 20.7 Å². The molecular formula is C10H19P. The summed E-state index contributed by atoms with van der Waals surface area (Å²) in [7, 11) is 1.03. The summed E-state index contributed by atoms with van der Waals surface area (Å²) in [6.07, 6.45) is 6.61. The van der Waals surface area contributed by atoms with Crippen LogP contribution in [-0.4, -0.2) is 11.8 Å². The molecule has 0 bridgehead atoms. The summed E-state index contributed by atoms with van der Waals surface area (Å²) in [5.74, 6) is 0. The number of hydrogen-bond donors (Lipinski definition) is 0. The van der Waals surface area contributed by atoms with Crippen molar-refractivity contribution in [1.82, 2.24) is 0 Å². The van der Waals surface area contributed by atoms with Gasteiger partial charge in [-0.05, 0) is 18.2 Å². The topological polar surface area (TPSA) is 0 Å². The normalized spacial score (nSPS) is 12.4. The maximum atomic E-state index is 3.98. The Morgan fingerprint density at radius 1 is 1.55 bits per heavy atom. The van der Waals surface area contributed by atoms with E-state index in [-0.39, 0.29) is 0 Å². The summed E-state index contributed by atoms with van der Waals surface area (Å²) in [5.41, 5.74) is 2.10. The lowest BCUT2D eigenvalue weighted by Crippen LogP contribution is -1.87. The molecule has 11 heavy (non-hydrogen) atoms. The van der Waals surface area contributed by atoms with E-state index in [1.165, 1.54) is 11.7 Å². The van der Waals surface area contributed by atoms with Crippen LogP contribution in [0.5, 0.6) is 0 Å². The van der Waals surface area contributed by atoms with E-state index < -0.39 is 0 Å². The van der Waals surface area contributed by atoms with Crippen molar-refractivity contribution in [3.63, 3.8) is 0 Å². The van der Waals surface area contributed by atoms with Gasteiger partial charge in [0.25, 0.3) is 0 Å². The predicted octanol–water partition coefficient (Wildman–Crippen LogP) is 3.60. The van der Waals surface area contributed by atoms with E-state index in [9.17, 15) is 0 Å². The third-order valence-electron chi connectivity index (χ3n) is 1.33. The zero-order valence-electron chi connectivity index (χ0n) is 7.85. The smallest absolute Gasteiger partial charge is 0.0104 e. The molecular weight excluding hydrogens is 151 g/mol. The molecule has 1 heteroatoms. The summed E-state index contributed by atoms with van der Waals surface area (Å²) in [4.78, 5) is 0. The quantitative estimate of drug-likeness (QED) is 0.437. The molecule has 0 aliphatic carbocycles. The monoisotopic (exact) mass is 170 g/mol. The van der Waals surface area contributed by atoms with Crippen molar-refractivity contribution in [3.05, 3.63) is 24.3 Å². The maximum absolute atomic E-state index is 3.98. The lowest BCUT2D eigenvalue weighted by molar-refractivity contribution is 1.10. The fourth-order valence-electron chi connectivity index (χ4n) is 0.679. The molecule has 0 N–H and O–H groups in total. The Morgan fingerprint density at radius 2 is 2.18 bits per heavy atom. The second-order valence-corrected chi connectivity index (χ2v) is 4.92. The van der Waals surface area contributed by atoms with Crippen LogP contribution < -0.4 is 0 Å². The molecule has 0 aliphatic heterocycles. The molecule has 0 heterocycles. The third kappa shape index (κ3) is 7.81. The molecule has 0 spiro atoms. The molecule has 0 aromatic carbocycles. The van der Waals surface area contributed by atoms with Gasteiger partial charge in [-0.1, -0.05) is 45.1 Å². The minimum absolute atomic E-state index is 0.821. The van der Waals surface area contributed by atoms with E-state index in [1.807, 2.05) is 0 Å². The molecule has 0 amide bonds. The lowest BCUT2D eigenvalue weighted by Gasteiger charge is -2.03. The Hall–Kier alpha value is -0.0900. The molecule has 64 valence electrons. The van der Waals surface area contributed by atoms with Gasteiger partial charge in [0, 0.05) is 0 Å². The fraction of sp³-hybridized carbons (Fsp3) is 0.600. The van der Waals surface area contributed by atoms with Crippen LogP contribution in [0.2, 0.25) is 0 Å². The first kappa shape index (κ1) is 10.9.